The Morgan fingerprint density at radius 2 is 2.40 bits per heavy atom. The van der Waals surface area contributed by atoms with Gasteiger partial charge in [-0.25, -0.2) is 4.68 Å². The average Bonchev–Trinajstić information content (AvgIpc) is 2.76. The fourth-order valence-corrected chi connectivity index (χ4v) is 1.33. The van der Waals surface area contributed by atoms with Crippen molar-refractivity contribution in [2.45, 2.75) is 25.8 Å². The van der Waals surface area contributed by atoms with Gasteiger partial charge in [-0.3, -0.25) is 0 Å². The van der Waals surface area contributed by atoms with Crippen LogP contribution in [0.15, 0.2) is 16.8 Å². The molecule has 80 valence electrons. The van der Waals surface area contributed by atoms with Gasteiger partial charge in [-0.15, -0.1) is 16.7 Å². The van der Waals surface area contributed by atoms with Gasteiger partial charge in [-0.1, -0.05) is 10.4 Å². The first kappa shape index (κ1) is 10.2. The van der Waals surface area contributed by atoms with E-state index < -0.39 is 0 Å². The van der Waals surface area contributed by atoms with Crippen LogP contribution >= 0.6 is 11.6 Å². The molecule has 0 saturated carbocycles. The zero-order valence-electron chi connectivity index (χ0n) is 8.51. The Morgan fingerprint density at radius 1 is 1.60 bits per heavy atom. The van der Waals surface area contributed by atoms with Crippen LogP contribution in [0.4, 0.5) is 0 Å². The molecule has 0 bridgehead atoms. The van der Waals surface area contributed by atoms with Crippen molar-refractivity contribution in [1.29, 1.82) is 0 Å². The molecule has 0 aromatic carbocycles. The lowest BCUT2D eigenvalue weighted by atomic mass is 10.3. The Kier molecular flexibility index (Phi) is 2.73. The molecule has 5 nitrogen and oxygen atoms in total. The smallest absolute Gasteiger partial charge is 0.133 e. The van der Waals surface area contributed by atoms with Crippen LogP contribution in [0.3, 0.4) is 0 Å². The van der Waals surface area contributed by atoms with Gasteiger partial charge >= 0.3 is 0 Å². The van der Waals surface area contributed by atoms with E-state index in [9.17, 15) is 0 Å². The van der Waals surface area contributed by atoms with Crippen LogP contribution in [0.1, 0.15) is 29.4 Å². The van der Waals surface area contributed by atoms with Crippen molar-refractivity contribution in [3.63, 3.8) is 0 Å². The van der Waals surface area contributed by atoms with Crippen LogP contribution in [-0.2, 0) is 6.54 Å². The molecule has 0 spiro atoms. The molecule has 0 aliphatic heterocycles. The van der Waals surface area contributed by atoms with E-state index in [0.29, 0.717) is 6.54 Å². The molecular weight excluding hydrogens is 216 g/mol. The number of aryl methyl sites for hydroxylation is 1. The second-order valence-electron chi connectivity index (χ2n) is 3.39. The lowest BCUT2D eigenvalue weighted by Gasteiger charge is -1.94. The molecule has 0 fully saturated rings. The van der Waals surface area contributed by atoms with Gasteiger partial charge in [0.25, 0.3) is 0 Å². The third-order valence-corrected chi connectivity index (χ3v) is 2.19. The highest BCUT2D eigenvalue weighted by Crippen LogP contribution is 2.15. The molecule has 0 amide bonds. The van der Waals surface area contributed by atoms with Crippen molar-refractivity contribution in [3.8, 4) is 0 Å². The Hall–Kier alpha value is -1.36. The highest BCUT2D eigenvalue weighted by atomic mass is 35.5. The fourth-order valence-electron chi connectivity index (χ4n) is 1.23. The van der Waals surface area contributed by atoms with E-state index in [1.54, 1.807) is 4.68 Å². The number of hydrogen-bond donors (Lipinski definition) is 0. The lowest BCUT2D eigenvalue weighted by molar-refractivity contribution is 0.387. The van der Waals surface area contributed by atoms with Gasteiger partial charge in [-0.2, -0.15) is 0 Å². The predicted molar refractivity (Wildman–Crippen MR) is 54.6 cm³/mol. The van der Waals surface area contributed by atoms with Gasteiger partial charge in [0.2, 0.25) is 0 Å². The average molecular weight is 227 g/mol. The van der Waals surface area contributed by atoms with E-state index in [1.165, 1.54) is 0 Å². The normalized spacial score (nSPS) is 13.0. The van der Waals surface area contributed by atoms with Gasteiger partial charge in [0, 0.05) is 6.07 Å². The number of nitrogens with zero attached hydrogens (tertiary/aromatic N) is 4. The Labute approximate surface area is 92.0 Å². The molecule has 0 saturated heterocycles. The van der Waals surface area contributed by atoms with Crippen LogP contribution in [0, 0.1) is 6.92 Å². The highest BCUT2D eigenvalue weighted by molar-refractivity contribution is 6.20. The number of alkyl halides is 1. The molecule has 0 radical (unpaired) electrons. The summed E-state index contributed by atoms with van der Waals surface area (Å²) in [4.78, 5) is 0. The van der Waals surface area contributed by atoms with Crippen molar-refractivity contribution in [1.82, 2.24) is 20.2 Å². The van der Waals surface area contributed by atoms with E-state index in [2.05, 4.69) is 15.5 Å². The zero-order valence-corrected chi connectivity index (χ0v) is 9.27. The van der Waals surface area contributed by atoms with Gasteiger partial charge in [0.15, 0.2) is 0 Å². The quantitative estimate of drug-likeness (QED) is 0.751. The van der Waals surface area contributed by atoms with Gasteiger partial charge in [-0.05, 0) is 13.8 Å². The molecule has 2 aromatic rings. The summed E-state index contributed by atoms with van der Waals surface area (Å²) in [6.07, 6.45) is 1.81. The minimum atomic E-state index is -0.127. The molecule has 0 aliphatic carbocycles. The first-order valence-electron chi connectivity index (χ1n) is 4.61. The van der Waals surface area contributed by atoms with E-state index in [4.69, 9.17) is 16.1 Å². The van der Waals surface area contributed by atoms with Crippen molar-refractivity contribution >= 4 is 11.6 Å². The topological polar surface area (TPSA) is 56.7 Å². The molecule has 6 heteroatoms. The largest absolute Gasteiger partial charge is 0.361 e. The van der Waals surface area contributed by atoms with Gasteiger partial charge < -0.3 is 4.52 Å². The summed E-state index contributed by atoms with van der Waals surface area (Å²) >= 11 is 5.87. The standard InChI is InChI=1S/C9H11ClN4O/c1-6-3-8(12-15-6)4-14-5-9(7(2)10)11-13-14/h3,5,7H,4H2,1-2H3. The number of halogens is 1. The van der Waals surface area contributed by atoms with Crippen LogP contribution < -0.4 is 0 Å². The third kappa shape index (κ3) is 2.36. The summed E-state index contributed by atoms with van der Waals surface area (Å²) in [5.41, 5.74) is 1.59. The number of aromatic nitrogens is 4. The van der Waals surface area contributed by atoms with Gasteiger partial charge in [0.05, 0.1) is 18.1 Å². The Bertz CT molecular complexity index is 448. The van der Waals surface area contributed by atoms with Crippen LogP contribution in [0.25, 0.3) is 0 Å². The minimum Gasteiger partial charge on any atom is -0.361 e. The summed E-state index contributed by atoms with van der Waals surface area (Å²) in [5.74, 6) is 0.788. The predicted octanol–water partition coefficient (Wildman–Crippen LogP) is 1.92. The highest BCUT2D eigenvalue weighted by Gasteiger charge is 2.08. The van der Waals surface area contributed by atoms with E-state index in [1.807, 2.05) is 26.1 Å². The molecule has 1 atom stereocenters. The molecule has 15 heavy (non-hydrogen) atoms. The van der Waals surface area contributed by atoms with Crippen LogP contribution in [0.5, 0.6) is 0 Å². The Balaban J connectivity index is 2.11. The monoisotopic (exact) mass is 226 g/mol. The second-order valence-corrected chi connectivity index (χ2v) is 4.04. The maximum atomic E-state index is 5.87. The number of rotatable bonds is 3. The van der Waals surface area contributed by atoms with Crippen LogP contribution in [-0.4, -0.2) is 20.2 Å². The second kappa shape index (κ2) is 4.02. The zero-order chi connectivity index (χ0) is 10.8. The molecule has 2 aromatic heterocycles. The van der Waals surface area contributed by atoms with Crippen molar-refractivity contribution < 1.29 is 4.52 Å². The molecule has 0 aliphatic rings. The first-order chi connectivity index (χ1) is 7.15. The van der Waals surface area contributed by atoms with E-state index >= 15 is 0 Å². The lowest BCUT2D eigenvalue weighted by Crippen LogP contribution is -2.00. The first-order valence-corrected chi connectivity index (χ1v) is 5.05. The maximum absolute atomic E-state index is 5.87. The summed E-state index contributed by atoms with van der Waals surface area (Å²) < 4.78 is 6.64. The summed E-state index contributed by atoms with van der Waals surface area (Å²) in [5, 5.41) is 11.6. The molecule has 2 heterocycles. The van der Waals surface area contributed by atoms with E-state index in [-0.39, 0.29) is 5.38 Å². The summed E-state index contributed by atoms with van der Waals surface area (Å²) in [6, 6.07) is 1.87. The SMILES string of the molecule is Cc1cc(Cn2cc(C(C)Cl)nn2)no1. The molecule has 0 N–H and O–H groups in total. The molecule has 1 unspecified atom stereocenters. The minimum absolute atomic E-state index is 0.127. The maximum Gasteiger partial charge on any atom is 0.133 e. The molecule has 2 rings (SSSR count). The molecular formula is C9H11ClN4O. The third-order valence-electron chi connectivity index (χ3n) is 1.96. The Morgan fingerprint density at radius 3 is 2.93 bits per heavy atom. The van der Waals surface area contributed by atoms with Crippen LogP contribution in [0.2, 0.25) is 0 Å². The fraction of sp³-hybridized carbons (Fsp3) is 0.444. The summed E-state index contributed by atoms with van der Waals surface area (Å²) in [6.45, 7) is 4.26. The van der Waals surface area contributed by atoms with Gasteiger partial charge in [0.1, 0.15) is 17.1 Å². The summed E-state index contributed by atoms with van der Waals surface area (Å²) in [7, 11) is 0. The van der Waals surface area contributed by atoms with Crippen molar-refractivity contribution in [3.05, 3.63) is 29.4 Å². The van der Waals surface area contributed by atoms with Crippen molar-refractivity contribution in [2.75, 3.05) is 0 Å². The van der Waals surface area contributed by atoms with Crippen molar-refractivity contribution in [2.24, 2.45) is 0 Å². The van der Waals surface area contributed by atoms with E-state index in [0.717, 1.165) is 17.1 Å². The number of hydrogen-bond acceptors (Lipinski definition) is 4.